The van der Waals surface area contributed by atoms with Crippen LogP contribution in [0.3, 0.4) is 0 Å². The Morgan fingerprint density at radius 1 is 1.07 bits per heavy atom. The average molecular weight is 383 g/mol. The number of benzene rings is 1. The van der Waals surface area contributed by atoms with Crippen molar-refractivity contribution in [2.45, 2.75) is 52.4 Å². The molecule has 0 aromatic heterocycles. The van der Waals surface area contributed by atoms with Crippen LogP contribution < -0.4 is 0 Å². The molecule has 0 radical (unpaired) electrons. The molecule has 5 nitrogen and oxygen atoms in total. The van der Waals surface area contributed by atoms with Crippen molar-refractivity contribution in [1.82, 2.24) is 10.0 Å². The van der Waals surface area contributed by atoms with Gasteiger partial charge in [-0.05, 0) is 29.4 Å². The third kappa shape index (κ3) is 3.53. The second-order valence-corrected chi connectivity index (χ2v) is 8.92. The SMILES string of the molecule is CCc1ccc(C2CC(=O)N(N3CCOCC3)C3=C2C(=O)CC(C)(C)C3)cc1. The molecule has 0 bridgehead atoms. The van der Waals surface area contributed by atoms with Crippen LogP contribution in [0.25, 0.3) is 0 Å². The Hall–Kier alpha value is -1.98. The van der Waals surface area contributed by atoms with Crippen LogP contribution in [0.4, 0.5) is 0 Å². The van der Waals surface area contributed by atoms with Crippen molar-refractivity contribution in [3.8, 4) is 0 Å². The number of carbonyl (C=O) groups excluding carboxylic acids is 2. The molecule has 1 unspecified atom stereocenters. The first-order valence-corrected chi connectivity index (χ1v) is 10.4. The number of carbonyl (C=O) groups is 2. The summed E-state index contributed by atoms with van der Waals surface area (Å²) < 4.78 is 5.47. The van der Waals surface area contributed by atoms with Gasteiger partial charge in [0.2, 0.25) is 5.91 Å². The Morgan fingerprint density at radius 3 is 2.39 bits per heavy atom. The molecule has 1 aromatic rings. The fourth-order valence-electron chi connectivity index (χ4n) is 4.75. The molecule has 0 N–H and O–H groups in total. The third-order valence-corrected chi connectivity index (χ3v) is 6.18. The van der Waals surface area contributed by atoms with Crippen LogP contribution in [0.15, 0.2) is 35.5 Å². The van der Waals surface area contributed by atoms with E-state index < -0.39 is 0 Å². The molecule has 28 heavy (non-hydrogen) atoms. The smallest absolute Gasteiger partial charge is 0.242 e. The minimum Gasteiger partial charge on any atom is -0.379 e. The van der Waals surface area contributed by atoms with Gasteiger partial charge in [-0.2, -0.15) is 0 Å². The van der Waals surface area contributed by atoms with Crippen LogP contribution in [0.2, 0.25) is 0 Å². The molecule has 4 rings (SSSR count). The average Bonchev–Trinajstić information content (AvgIpc) is 2.67. The van der Waals surface area contributed by atoms with E-state index in [0.29, 0.717) is 39.1 Å². The number of rotatable bonds is 3. The van der Waals surface area contributed by atoms with Gasteiger partial charge in [0.15, 0.2) is 5.78 Å². The molecular formula is C23H30N2O3. The summed E-state index contributed by atoms with van der Waals surface area (Å²) in [6.45, 7) is 8.98. The summed E-state index contributed by atoms with van der Waals surface area (Å²) in [5.41, 5.74) is 3.99. The molecule has 1 atom stereocenters. The molecule has 2 aliphatic heterocycles. The van der Waals surface area contributed by atoms with Gasteiger partial charge in [0.05, 0.1) is 13.2 Å². The Labute approximate surface area is 167 Å². The summed E-state index contributed by atoms with van der Waals surface area (Å²) in [7, 11) is 0. The number of hydrogen-bond donors (Lipinski definition) is 0. The highest BCUT2D eigenvalue weighted by molar-refractivity contribution is 6.02. The van der Waals surface area contributed by atoms with Crippen LogP contribution >= 0.6 is 0 Å². The van der Waals surface area contributed by atoms with Crippen LogP contribution in [-0.2, 0) is 20.7 Å². The molecule has 1 saturated heterocycles. The van der Waals surface area contributed by atoms with E-state index in [0.717, 1.165) is 29.7 Å². The van der Waals surface area contributed by atoms with Gasteiger partial charge < -0.3 is 4.74 Å². The number of nitrogens with zero attached hydrogens (tertiary/aromatic N) is 2. The molecule has 1 fully saturated rings. The summed E-state index contributed by atoms with van der Waals surface area (Å²) in [4.78, 5) is 26.5. The fourth-order valence-corrected chi connectivity index (χ4v) is 4.75. The van der Waals surface area contributed by atoms with Gasteiger partial charge in [0, 0.05) is 43.1 Å². The van der Waals surface area contributed by atoms with Gasteiger partial charge in [-0.3, -0.25) is 9.59 Å². The van der Waals surface area contributed by atoms with Gasteiger partial charge in [0.25, 0.3) is 0 Å². The summed E-state index contributed by atoms with van der Waals surface area (Å²) in [6, 6.07) is 8.43. The van der Waals surface area contributed by atoms with E-state index in [1.807, 2.05) is 5.01 Å². The molecule has 3 aliphatic rings. The third-order valence-electron chi connectivity index (χ3n) is 6.18. The normalized spacial score (nSPS) is 25.8. The van der Waals surface area contributed by atoms with Gasteiger partial charge in [-0.1, -0.05) is 45.0 Å². The van der Waals surface area contributed by atoms with Gasteiger partial charge >= 0.3 is 0 Å². The van der Waals surface area contributed by atoms with E-state index in [4.69, 9.17) is 4.74 Å². The van der Waals surface area contributed by atoms with Crippen molar-refractivity contribution in [3.05, 3.63) is 46.7 Å². The van der Waals surface area contributed by atoms with Gasteiger partial charge in [0.1, 0.15) is 0 Å². The molecule has 2 heterocycles. The molecular weight excluding hydrogens is 352 g/mol. The first-order valence-electron chi connectivity index (χ1n) is 10.4. The minimum absolute atomic E-state index is 0.0933. The Bertz CT molecular complexity index is 804. The molecule has 1 aliphatic carbocycles. The number of allylic oxidation sites excluding steroid dienone is 2. The number of ketones is 1. The highest BCUT2D eigenvalue weighted by atomic mass is 16.5. The molecule has 0 saturated carbocycles. The number of morpholine rings is 1. The molecule has 1 aromatic carbocycles. The van der Waals surface area contributed by atoms with Gasteiger partial charge in [-0.25, -0.2) is 10.0 Å². The summed E-state index contributed by atoms with van der Waals surface area (Å²) in [5.74, 6) is 0.159. The predicted molar refractivity (Wildman–Crippen MR) is 107 cm³/mol. The highest BCUT2D eigenvalue weighted by Gasteiger charge is 2.45. The Kier molecular flexibility index (Phi) is 5.15. The van der Waals surface area contributed by atoms with Crippen LogP contribution in [0.5, 0.6) is 0 Å². The number of ether oxygens (including phenoxy) is 1. The lowest BCUT2D eigenvalue weighted by atomic mass is 9.69. The summed E-state index contributed by atoms with van der Waals surface area (Å²) in [6.07, 6.45) is 2.63. The maximum atomic E-state index is 13.3. The maximum Gasteiger partial charge on any atom is 0.242 e. The van der Waals surface area contributed by atoms with Crippen molar-refractivity contribution >= 4 is 11.7 Å². The Balaban J connectivity index is 1.78. The number of amides is 1. The maximum absolute atomic E-state index is 13.3. The zero-order valence-electron chi connectivity index (χ0n) is 17.2. The number of hydrazine groups is 1. The molecule has 5 heteroatoms. The van der Waals surface area contributed by atoms with E-state index in [9.17, 15) is 9.59 Å². The number of Topliss-reactive ketones (excluding diaryl/α,β-unsaturated/α-hetero) is 1. The topological polar surface area (TPSA) is 49.9 Å². The van der Waals surface area contributed by atoms with Crippen LogP contribution in [-0.4, -0.2) is 48.0 Å². The summed E-state index contributed by atoms with van der Waals surface area (Å²) in [5, 5.41) is 3.90. The number of aryl methyl sites for hydroxylation is 1. The van der Waals surface area contributed by atoms with Crippen molar-refractivity contribution in [2.24, 2.45) is 5.41 Å². The monoisotopic (exact) mass is 382 g/mol. The van der Waals surface area contributed by atoms with Crippen LogP contribution in [0.1, 0.15) is 57.1 Å². The van der Waals surface area contributed by atoms with Crippen molar-refractivity contribution in [2.75, 3.05) is 26.3 Å². The quantitative estimate of drug-likeness (QED) is 0.803. The standard InChI is InChI=1S/C23H30N2O3/c1-4-16-5-7-17(8-6-16)18-13-21(27)25(24-9-11-28-12-10-24)19-14-23(2,3)15-20(26)22(18)19/h5-8,18H,4,9-15H2,1-3H3. The summed E-state index contributed by atoms with van der Waals surface area (Å²) >= 11 is 0. The zero-order chi connectivity index (χ0) is 19.9. The van der Waals surface area contributed by atoms with Crippen molar-refractivity contribution in [1.29, 1.82) is 0 Å². The van der Waals surface area contributed by atoms with Gasteiger partial charge in [-0.15, -0.1) is 0 Å². The zero-order valence-corrected chi connectivity index (χ0v) is 17.2. The largest absolute Gasteiger partial charge is 0.379 e. The highest BCUT2D eigenvalue weighted by Crippen LogP contribution is 2.47. The second kappa shape index (κ2) is 7.45. The van der Waals surface area contributed by atoms with Crippen molar-refractivity contribution in [3.63, 3.8) is 0 Å². The predicted octanol–water partition coefficient (Wildman–Crippen LogP) is 3.46. The van der Waals surface area contributed by atoms with E-state index >= 15 is 0 Å². The molecule has 1 amide bonds. The molecule has 150 valence electrons. The first kappa shape index (κ1) is 19.3. The van der Waals surface area contributed by atoms with Crippen LogP contribution in [0, 0.1) is 5.41 Å². The number of hydrogen-bond acceptors (Lipinski definition) is 4. The Morgan fingerprint density at radius 2 is 1.75 bits per heavy atom. The van der Waals surface area contributed by atoms with E-state index in [1.165, 1.54) is 5.56 Å². The lowest BCUT2D eigenvalue weighted by molar-refractivity contribution is -0.154. The van der Waals surface area contributed by atoms with Crippen molar-refractivity contribution < 1.29 is 14.3 Å². The fraction of sp³-hybridized carbons (Fsp3) is 0.565. The lowest BCUT2D eigenvalue weighted by Crippen LogP contribution is -2.55. The second-order valence-electron chi connectivity index (χ2n) is 8.92. The van der Waals surface area contributed by atoms with E-state index in [1.54, 1.807) is 0 Å². The van der Waals surface area contributed by atoms with E-state index in [-0.39, 0.29) is 23.0 Å². The minimum atomic E-state index is -0.130. The lowest BCUT2D eigenvalue weighted by Gasteiger charge is -2.47. The molecule has 0 spiro atoms. The van der Waals surface area contributed by atoms with E-state index in [2.05, 4.69) is 50.0 Å². The first-order chi connectivity index (χ1) is 13.4.